The third kappa shape index (κ3) is 6.77. The van der Waals surface area contributed by atoms with Crippen LogP contribution in [0.15, 0.2) is 29.4 Å². The van der Waals surface area contributed by atoms with Gasteiger partial charge in [0.05, 0.1) is 16.2 Å². The summed E-state index contributed by atoms with van der Waals surface area (Å²) in [4.78, 5) is 11.0. The zero-order valence-corrected chi connectivity index (χ0v) is 17.7. The van der Waals surface area contributed by atoms with Crippen LogP contribution in [0.25, 0.3) is 0 Å². The summed E-state index contributed by atoms with van der Waals surface area (Å²) < 4.78 is 23.6. The van der Waals surface area contributed by atoms with E-state index < -0.39 is 14.6 Å². The Morgan fingerprint density at radius 2 is 2.00 bits per heavy atom. The van der Waals surface area contributed by atoms with Crippen molar-refractivity contribution in [3.8, 4) is 0 Å². The first-order valence-corrected chi connectivity index (χ1v) is 11.2. The molecule has 1 saturated heterocycles. The van der Waals surface area contributed by atoms with Crippen LogP contribution < -0.4 is 10.6 Å². The fourth-order valence-corrected chi connectivity index (χ4v) is 3.94. The Morgan fingerprint density at radius 3 is 2.56 bits per heavy atom. The van der Waals surface area contributed by atoms with Gasteiger partial charge in [-0.3, -0.25) is 14.9 Å². The van der Waals surface area contributed by atoms with Crippen LogP contribution in [0, 0.1) is 0 Å². The third-order valence-corrected chi connectivity index (χ3v) is 7.47. The lowest BCUT2D eigenvalue weighted by atomic mass is 10.1. The maximum atomic E-state index is 12.2. The highest BCUT2D eigenvalue weighted by atomic mass is 32.2. The summed E-state index contributed by atoms with van der Waals surface area (Å²) in [6.45, 7) is 8.44. The van der Waals surface area contributed by atoms with Gasteiger partial charge in [-0.25, -0.2) is 8.42 Å². The van der Waals surface area contributed by atoms with Crippen molar-refractivity contribution in [2.45, 2.75) is 50.9 Å². The number of hydrogen-bond donors (Lipinski definition) is 2. The molecule has 152 valence electrons. The minimum Gasteiger partial charge on any atom is -0.355 e. The molecule has 7 nitrogen and oxygen atoms in total. The van der Waals surface area contributed by atoms with Crippen LogP contribution in [-0.4, -0.2) is 67.5 Å². The molecule has 0 atom stereocenters. The van der Waals surface area contributed by atoms with Crippen molar-refractivity contribution in [2.75, 3.05) is 32.4 Å². The summed E-state index contributed by atoms with van der Waals surface area (Å²) in [5.74, 6) is 0.766. The van der Waals surface area contributed by atoms with Crippen molar-refractivity contribution in [3.05, 3.63) is 30.1 Å². The highest BCUT2D eigenvalue weighted by molar-refractivity contribution is 7.92. The Labute approximate surface area is 163 Å². The van der Waals surface area contributed by atoms with Crippen LogP contribution in [0.4, 0.5) is 0 Å². The number of aromatic nitrogens is 1. The van der Waals surface area contributed by atoms with E-state index in [9.17, 15) is 8.42 Å². The predicted molar refractivity (Wildman–Crippen MR) is 111 cm³/mol. The number of guanidine groups is 1. The SMILES string of the molecule is CN=C(NCCS(=O)(=O)C(C)(C)C)NC1CCN(Cc2ccccn2)CC1. The average Bonchev–Trinajstić information content (AvgIpc) is 2.62. The van der Waals surface area contributed by atoms with E-state index in [0.717, 1.165) is 38.2 Å². The Morgan fingerprint density at radius 1 is 1.30 bits per heavy atom. The Hall–Kier alpha value is -1.67. The summed E-state index contributed by atoms with van der Waals surface area (Å²) in [7, 11) is -1.42. The van der Waals surface area contributed by atoms with Crippen LogP contribution in [0.2, 0.25) is 0 Å². The van der Waals surface area contributed by atoms with Crippen LogP contribution >= 0.6 is 0 Å². The molecule has 1 aromatic heterocycles. The van der Waals surface area contributed by atoms with E-state index in [4.69, 9.17) is 0 Å². The van der Waals surface area contributed by atoms with Crippen molar-refractivity contribution >= 4 is 15.8 Å². The second-order valence-corrected chi connectivity index (χ2v) is 10.8. The van der Waals surface area contributed by atoms with Gasteiger partial charge in [0.1, 0.15) is 0 Å². The molecule has 0 radical (unpaired) electrons. The number of nitrogens with one attached hydrogen (secondary N) is 2. The van der Waals surface area contributed by atoms with Gasteiger partial charge in [0.25, 0.3) is 0 Å². The normalized spacial score (nSPS) is 17.7. The first-order valence-electron chi connectivity index (χ1n) is 9.53. The maximum absolute atomic E-state index is 12.2. The van der Waals surface area contributed by atoms with E-state index in [-0.39, 0.29) is 5.75 Å². The molecule has 2 rings (SSSR count). The number of rotatable bonds is 6. The van der Waals surface area contributed by atoms with Gasteiger partial charge in [-0.1, -0.05) is 6.07 Å². The minimum absolute atomic E-state index is 0.0969. The number of piperidine rings is 1. The molecular weight excluding hydrogens is 362 g/mol. The van der Waals surface area contributed by atoms with Gasteiger partial charge in [-0.05, 0) is 45.7 Å². The zero-order chi connectivity index (χ0) is 19.9. The van der Waals surface area contributed by atoms with E-state index in [0.29, 0.717) is 18.5 Å². The van der Waals surface area contributed by atoms with E-state index >= 15 is 0 Å². The third-order valence-electron chi connectivity index (χ3n) is 4.86. The summed E-state index contributed by atoms with van der Waals surface area (Å²) in [6, 6.07) is 6.36. The maximum Gasteiger partial charge on any atom is 0.191 e. The molecule has 1 aromatic rings. The van der Waals surface area contributed by atoms with Crippen molar-refractivity contribution in [1.82, 2.24) is 20.5 Å². The fraction of sp³-hybridized carbons (Fsp3) is 0.684. The summed E-state index contributed by atoms with van der Waals surface area (Å²) in [5, 5.41) is 6.55. The van der Waals surface area contributed by atoms with Crippen LogP contribution in [-0.2, 0) is 16.4 Å². The van der Waals surface area contributed by atoms with Gasteiger partial charge in [0.2, 0.25) is 0 Å². The lowest BCUT2D eigenvalue weighted by Gasteiger charge is -2.32. The molecule has 0 aromatic carbocycles. The van der Waals surface area contributed by atoms with Crippen molar-refractivity contribution in [1.29, 1.82) is 0 Å². The molecule has 0 aliphatic carbocycles. The second-order valence-electron chi connectivity index (χ2n) is 7.95. The fourth-order valence-electron chi connectivity index (χ4n) is 2.95. The lowest BCUT2D eigenvalue weighted by molar-refractivity contribution is 0.196. The molecule has 1 fully saturated rings. The number of pyridine rings is 1. The largest absolute Gasteiger partial charge is 0.355 e. The number of sulfone groups is 1. The Kier molecular flexibility index (Phi) is 7.61. The van der Waals surface area contributed by atoms with Crippen molar-refractivity contribution < 1.29 is 8.42 Å². The first kappa shape index (κ1) is 21.6. The second kappa shape index (κ2) is 9.50. The molecule has 1 aliphatic rings. The number of hydrogen-bond acceptors (Lipinski definition) is 5. The van der Waals surface area contributed by atoms with Gasteiger partial charge in [-0.15, -0.1) is 0 Å². The number of likely N-dealkylation sites (tertiary alicyclic amines) is 1. The lowest BCUT2D eigenvalue weighted by Crippen LogP contribution is -2.49. The molecule has 2 heterocycles. The molecule has 0 spiro atoms. The highest BCUT2D eigenvalue weighted by Gasteiger charge is 2.28. The number of aliphatic imine (C=N–C) groups is 1. The average molecular weight is 396 g/mol. The molecule has 2 N–H and O–H groups in total. The monoisotopic (exact) mass is 395 g/mol. The van der Waals surface area contributed by atoms with Crippen LogP contribution in [0.5, 0.6) is 0 Å². The Bertz CT molecular complexity index is 705. The van der Waals surface area contributed by atoms with Gasteiger partial charge in [0, 0.05) is 45.5 Å². The first-order chi connectivity index (χ1) is 12.7. The minimum atomic E-state index is -3.13. The summed E-state index contributed by atoms with van der Waals surface area (Å²) in [6.07, 6.45) is 3.88. The van der Waals surface area contributed by atoms with Gasteiger partial charge >= 0.3 is 0 Å². The molecule has 27 heavy (non-hydrogen) atoms. The zero-order valence-electron chi connectivity index (χ0n) is 16.9. The molecule has 8 heteroatoms. The molecular formula is C19H33N5O2S. The van der Waals surface area contributed by atoms with Gasteiger partial charge in [-0.2, -0.15) is 0 Å². The van der Waals surface area contributed by atoms with Crippen molar-refractivity contribution in [3.63, 3.8) is 0 Å². The standard InChI is InChI=1S/C19H33N5O2S/c1-19(2,3)27(25,26)14-11-22-18(20-4)23-16-8-12-24(13-9-16)15-17-7-5-6-10-21-17/h5-7,10,16H,8-9,11-15H2,1-4H3,(H2,20,22,23). The van der Waals surface area contributed by atoms with E-state index in [1.807, 2.05) is 18.3 Å². The highest BCUT2D eigenvalue weighted by Crippen LogP contribution is 2.15. The summed E-state index contributed by atoms with van der Waals surface area (Å²) >= 11 is 0. The molecule has 1 aliphatic heterocycles. The number of nitrogens with zero attached hydrogens (tertiary/aromatic N) is 3. The predicted octanol–water partition coefficient (Wildman–Crippen LogP) is 1.42. The van der Waals surface area contributed by atoms with Gasteiger partial charge < -0.3 is 10.6 Å². The van der Waals surface area contributed by atoms with Crippen LogP contribution in [0.3, 0.4) is 0 Å². The van der Waals surface area contributed by atoms with Gasteiger partial charge in [0.15, 0.2) is 15.8 Å². The van der Waals surface area contributed by atoms with E-state index in [1.165, 1.54) is 0 Å². The van der Waals surface area contributed by atoms with E-state index in [2.05, 4.69) is 31.6 Å². The van der Waals surface area contributed by atoms with Crippen molar-refractivity contribution in [2.24, 2.45) is 4.99 Å². The van der Waals surface area contributed by atoms with Crippen LogP contribution in [0.1, 0.15) is 39.3 Å². The smallest absolute Gasteiger partial charge is 0.191 e. The summed E-state index contributed by atoms with van der Waals surface area (Å²) in [5.41, 5.74) is 1.10. The Balaban J connectivity index is 1.73. The van der Waals surface area contributed by atoms with E-state index in [1.54, 1.807) is 27.8 Å². The molecule has 0 saturated carbocycles. The topological polar surface area (TPSA) is 86.7 Å². The molecule has 0 unspecified atom stereocenters. The quantitative estimate of drug-likeness (QED) is 0.560. The molecule has 0 amide bonds. The molecule has 0 bridgehead atoms.